The minimum Gasteiger partial charge on any atom is -0.373 e. The molecule has 0 radical (unpaired) electrons. The van der Waals surface area contributed by atoms with Crippen LogP contribution >= 0.6 is 0 Å². The fourth-order valence-electron chi connectivity index (χ4n) is 3.70. The molecule has 0 aromatic rings. The lowest BCUT2D eigenvalue weighted by Gasteiger charge is -2.45. The van der Waals surface area contributed by atoms with Crippen LogP contribution in [0.3, 0.4) is 0 Å². The summed E-state index contributed by atoms with van der Waals surface area (Å²) in [6.07, 6.45) is 5.67. The molecule has 3 nitrogen and oxygen atoms in total. The van der Waals surface area contributed by atoms with Gasteiger partial charge in [-0.1, -0.05) is 0 Å². The van der Waals surface area contributed by atoms with E-state index in [-0.39, 0.29) is 5.60 Å². The van der Waals surface area contributed by atoms with Gasteiger partial charge in [0.05, 0.1) is 11.7 Å². The van der Waals surface area contributed by atoms with Crippen molar-refractivity contribution >= 4 is 0 Å². The SMILES string of the molecule is CC(C)N1CCC(CN(C)C2CC(OC(C)(C)C)C2)CC1. The summed E-state index contributed by atoms with van der Waals surface area (Å²) in [4.78, 5) is 5.21. The molecule has 3 heteroatoms. The standard InChI is InChI=1S/C18H36N2O/c1-14(2)20-9-7-15(8-10-20)13-19(6)16-11-17(12-16)21-18(3,4)5/h14-17H,7-13H2,1-6H3. The van der Waals surface area contributed by atoms with Crippen molar-refractivity contribution < 1.29 is 4.74 Å². The molecule has 2 aliphatic rings. The Balaban J connectivity index is 1.64. The molecule has 0 atom stereocenters. The van der Waals surface area contributed by atoms with Crippen molar-refractivity contribution in [3.63, 3.8) is 0 Å². The monoisotopic (exact) mass is 296 g/mol. The Bertz CT molecular complexity index is 310. The van der Waals surface area contributed by atoms with E-state index < -0.39 is 0 Å². The van der Waals surface area contributed by atoms with Crippen LogP contribution in [-0.2, 0) is 4.74 Å². The van der Waals surface area contributed by atoms with Crippen LogP contribution in [0.4, 0.5) is 0 Å². The van der Waals surface area contributed by atoms with E-state index in [4.69, 9.17) is 4.74 Å². The molecule has 0 amide bonds. The molecule has 21 heavy (non-hydrogen) atoms. The van der Waals surface area contributed by atoms with Gasteiger partial charge in [0, 0.05) is 18.6 Å². The quantitative estimate of drug-likeness (QED) is 0.773. The Labute approximate surface area is 132 Å². The first-order valence-corrected chi connectivity index (χ1v) is 8.86. The predicted octanol–water partition coefficient (Wildman–Crippen LogP) is 3.38. The molecule has 124 valence electrons. The maximum Gasteiger partial charge on any atom is 0.0612 e. The number of ether oxygens (including phenoxy) is 1. The fraction of sp³-hybridized carbons (Fsp3) is 1.00. The summed E-state index contributed by atoms with van der Waals surface area (Å²) in [5, 5.41) is 0. The molecular formula is C18H36N2O. The molecule has 1 heterocycles. The van der Waals surface area contributed by atoms with Crippen molar-refractivity contribution in [3.8, 4) is 0 Å². The van der Waals surface area contributed by atoms with E-state index in [1.165, 1.54) is 45.3 Å². The largest absolute Gasteiger partial charge is 0.373 e. The van der Waals surface area contributed by atoms with Crippen LogP contribution in [-0.4, -0.2) is 60.3 Å². The van der Waals surface area contributed by atoms with Crippen LogP contribution in [0.1, 0.15) is 60.3 Å². The number of hydrogen-bond acceptors (Lipinski definition) is 3. The van der Waals surface area contributed by atoms with Gasteiger partial charge in [-0.2, -0.15) is 0 Å². The molecule has 2 rings (SSSR count). The smallest absolute Gasteiger partial charge is 0.0612 e. The molecule has 0 spiro atoms. The van der Waals surface area contributed by atoms with Crippen molar-refractivity contribution in [1.29, 1.82) is 0 Å². The molecule has 0 aromatic carbocycles. The lowest BCUT2D eigenvalue weighted by molar-refractivity contribution is -0.119. The lowest BCUT2D eigenvalue weighted by Crippen LogP contribution is -2.50. The van der Waals surface area contributed by atoms with Gasteiger partial charge in [-0.15, -0.1) is 0 Å². The zero-order chi connectivity index (χ0) is 15.6. The highest BCUT2D eigenvalue weighted by Crippen LogP contribution is 2.32. The minimum absolute atomic E-state index is 0.0118. The van der Waals surface area contributed by atoms with E-state index in [0.717, 1.165) is 12.0 Å². The first kappa shape index (κ1) is 17.2. The first-order chi connectivity index (χ1) is 9.74. The van der Waals surface area contributed by atoms with Gasteiger partial charge in [0.15, 0.2) is 0 Å². The molecule has 2 fully saturated rings. The van der Waals surface area contributed by atoms with Crippen molar-refractivity contribution in [2.75, 3.05) is 26.7 Å². The summed E-state index contributed by atoms with van der Waals surface area (Å²) in [5.74, 6) is 0.896. The van der Waals surface area contributed by atoms with E-state index in [0.29, 0.717) is 12.1 Å². The van der Waals surface area contributed by atoms with Crippen LogP contribution in [0.25, 0.3) is 0 Å². The average Bonchev–Trinajstić information content (AvgIpc) is 2.32. The lowest BCUT2D eigenvalue weighted by atomic mass is 9.86. The number of rotatable bonds is 5. The average molecular weight is 296 g/mol. The summed E-state index contributed by atoms with van der Waals surface area (Å²) in [5.41, 5.74) is 0.0118. The number of likely N-dealkylation sites (tertiary alicyclic amines) is 1. The fourth-order valence-corrected chi connectivity index (χ4v) is 3.70. The Morgan fingerprint density at radius 2 is 1.71 bits per heavy atom. The van der Waals surface area contributed by atoms with E-state index in [1.807, 2.05) is 0 Å². The maximum atomic E-state index is 6.05. The summed E-state index contributed by atoms with van der Waals surface area (Å²) >= 11 is 0. The Hall–Kier alpha value is -0.120. The molecule has 0 bridgehead atoms. The molecule has 0 aromatic heterocycles. The third kappa shape index (κ3) is 5.22. The van der Waals surface area contributed by atoms with Gasteiger partial charge in [0.1, 0.15) is 0 Å². The highest BCUT2D eigenvalue weighted by atomic mass is 16.5. The third-order valence-electron chi connectivity index (χ3n) is 5.14. The zero-order valence-electron chi connectivity index (χ0n) is 15.1. The van der Waals surface area contributed by atoms with Gasteiger partial charge in [0.2, 0.25) is 0 Å². The Morgan fingerprint density at radius 1 is 1.14 bits per heavy atom. The van der Waals surface area contributed by atoms with Gasteiger partial charge >= 0.3 is 0 Å². The van der Waals surface area contributed by atoms with Crippen LogP contribution in [0.2, 0.25) is 0 Å². The van der Waals surface area contributed by atoms with E-state index in [9.17, 15) is 0 Å². The minimum atomic E-state index is 0.0118. The number of nitrogens with zero attached hydrogens (tertiary/aromatic N) is 2. The van der Waals surface area contributed by atoms with Crippen LogP contribution in [0.5, 0.6) is 0 Å². The Kier molecular flexibility index (Phi) is 5.72. The number of piperidine rings is 1. The van der Waals surface area contributed by atoms with Gasteiger partial charge < -0.3 is 14.5 Å². The van der Waals surface area contributed by atoms with E-state index >= 15 is 0 Å². The van der Waals surface area contributed by atoms with Crippen molar-refractivity contribution in [2.24, 2.45) is 5.92 Å². The topological polar surface area (TPSA) is 15.7 Å². The highest BCUT2D eigenvalue weighted by Gasteiger charge is 2.36. The second kappa shape index (κ2) is 6.97. The highest BCUT2D eigenvalue weighted by molar-refractivity contribution is 4.89. The van der Waals surface area contributed by atoms with Crippen molar-refractivity contribution in [2.45, 2.75) is 84.1 Å². The van der Waals surface area contributed by atoms with E-state index in [2.05, 4.69) is 51.5 Å². The number of hydrogen-bond donors (Lipinski definition) is 0. The third-order valence-corrected chi connectivity index (χ3v) is 5.14. The van der Waals surface area contributed by atoms with Crippen LogP contribution < -0.4 is 0 Å². The molecule has 0 N–H and O–H groups in total. The predicted molar refractivity (Wildman–Crippen MR) is 89.7 cm³/mol. The summed E-state index contributed by atoms with van der Waals surface area (Å²) < 4.78 is 6.05. The molecule has 1 saturated carbocycles. The second-order valence-corrected chi connectivity index (χ2v) is 8.49. The van der Waals surface area contributed by atoms with Gasteiger partial charge in [-0.05, 0) is 86.4 Å². The van der Waals surface area contributed by atoms with Crippen LogP contribution in [0.15, 0.2) is 0 Å². The second-order valence-electron chi connectivity index (χ2n) is 8.49. The van der Waals surface area contributed by atoms with Crippen molar-refractivity contribution in [1.82, 2.24) is 9.80 Å². The van der Waals surface area contributed by atoms with Gasteiger partial charge in [-0.25, -0.2) is 0 Å². The normalized spacial score (nSPS) is 29.1. The van der Waals surface area contributed by atoms with Gasteiger partial charge in [0.25, 0.3) is 0 Å². The molecule has 1 aliphatic heterocycles. The van der Waals surface area contributed by atoms with Crippen LogP contribution in [0, 0.1) is 5.92 Å². The van der Waals surface area contributed by atoms with Crippen molar-refractivity contribution in [3.05, 3.63) is 0 Å². The Morgan fingerprint density at radius 3 is 2.19 bits per heavy atom. The molecule has 1 aliphatic carbocycles. The molecule has 1 saturated heterocycles. The summed E-state index contributed by atoms with van der Waals surface area (Å²) in [7, 11) is 2.31. The zero-order valence-corrected chi connectivity index (χ0v) is 15.1. The summed E-state index contributed by atoms with van der Waals surface area (Å²) in [6.45, 7) is 15.0. The maximum absolute atomic E-state index is 6.05. The summed E-state index contributed by atoms with van der Waals surface area (Å²) in [6, 6.07) is 1.46. The first-order valence-electron chi connectivity index (χ1n) is 8.86. The van der Waals surface area contributed by atoms with E-state index in [1.54, 1.807) is 0 Å². The van der Waals surface area contributed by atoms with Gasteiger partial charge in [-0.3, -0.25) is 0 Å². The molecule has 0 unspecified atom stereocenters. The molecular weight excluding hydrogens is 260 g/mol.